The fourth-order valence-corrected chi connectivity index (χ4v) is 4.79. The number of allylic oxidation sites excluding steroid dienone is 11. The Balaban J connectivity index is 2.05. The van der Waals surface area contributed by atoms with E-state index < -0.39 is 15.4 Å². The Labute approximate surface area is 135 Å². The van der Waals surface area contributed by atoms with E-state index in [4.69, 9.17) is 0 Å². The highest BCUT2D eigenvalue weighted by Gasteiger charge is 2.41. The largest absolute Gasteiger partial charge is 0.508 e. The van der Waals surface area contributed by atoms with Crippen molar-refractivity contribution in [2.45, 2.75) is 19.1 Å². The van der Waals surface area contributed by atoms with Crippen LogP contribution in [-0.2, 0) is 10.1 Å². The van der Waals surface area contributed by atoms with Crippen molar-refractivity contribution in [1.29, 1.82) is 0 Å². The van der Waals surface area contributed by atoms with Gasteiger partial charge in [0, 0.05) is 11.5 Å². The summed E-state index contributed by atoms with van der Waals surface area (Å²) in [6.07, 6.45) is 10.8. The lowest BCUT2D eigenvalue weighted by molar-refractivity contribution is 0.418. The van der Waals surface area contributed by atoms with Gasteiger partial charge in [-0.3, -0.25) is 4.55 Å². The molecule has 0 bridgehead atoms. The van der Waals surface area contributed by atoms with E-state index in [2.05, 4.69) is 0 Å². The zero-order chi connectivity index (χ0) is 16.5. The molecule has 4 aliphatic rings. The van der Waals surface area contributed by atoms with Crippen molar-refractivity contribution in [2.75, 3.05) is 0 Å². The first-order valence-corrected chi connectivity index (χ1v) is 8.90. The summed E-state index contributed by atoms with van der Waals surface area (Å²) in [5, 5.41) is 9.23. The Kier molecular flexibility index (Phi) is 2.81. The van der Waals surface area contributed by atoms with Crippen molar-refractivity contribution in [3.63, 3.8) is 0 Å². The minimum absolute atomic E-state index is 0.173. The van der Waals surface area contributed by atoms with Crippen molar-refractivity contribution in [2.24, 2.45) is 5.92 Å². The molecule has 4 aliphatic carbocycles. The number of rotatable bonds is 1. The van der Waals surface area contributed by atoms with Crippen molar-refractivity contribution < 1.29 is 18.1 Å². The van der Waals surface area contributed by atoms with Crippen LogP contribution < -0.4 is 0 Å². The van der Waals surface area contributed by atoms with Crippen LogP contribution in [0.4, 0.5) is 0 Å². The van der Waals surface area contributed by atoms with Gasteiger partial charge in [0.2, 0.25) is 0 Å². The Morgan fingerprint density at radius 3 is 2.43 bits per heavy atom. The molecule has 0 aromatic carbocycles. The molecule has 5 heteroatoms. The molecule has 0 spiro atoms. The van der Waals surface area contributed by atoms with Gasteiger partial charge in [0.05, 0.1) is 0 Å². The van der Waals surface area contributed by atoms with Gasteiger partial charge in [-0.2, -0.15) is 8.42 Å². The van der Waals surface area contributed by atoms with Gasteiger partial charge in [-0.05, 0) is 53.4 Å². The Bertz CT molecular complexity index is 962. The monoisotopic (exact) mass is 328 g/mol. The van der Waals surface area contributed by atoms with Gasteiger partial charge in [0.15, 0.2) is 0 Å². The molecule has 2 N–H and O–H groups in total. The molecule has 0 fully saturated rings. The molecular weight excluding hydrogens is 312 g/mol. The minimum Gasteiger partial charge on any atom is -0.508 e. The highest BCUT2D eigenvalue weighted by Crippen LogP contribution is 2.51. The first-order chi connectivity index (χ1) is 10.8. The number of aliphatic hydroxyl groups excluding tert-OH is 1. The SMILES string of the molecule is CC1=CC(S(=O)(=O)O)C2=C3C1=CC=C1C(C)=CC(O)=C(C=C2)C13. The summed E-state index contributed by atoms with van der Waals surface area (Å²) in [5.41, 5.74) is 6.05. The quantitative estimate of drug-likeness (QED) is 0.724. The standard InChI is InChI=1S/C18H16O4S/c1-9-7-15(19)13-5-6-14-16(23(20,21)22)8-10(2)12-4-3-11(9)17(13)18(12)14/h3-8,16-17,19H,1-2H3,(H,20,21,22). The van der Waals surface area contributed by atoms with Gasteiger partial charge in [0.25, 0.3) is 10.1 Å². The third kappa shape index (κ3) is 1.90. The summed E-state index contributed by atoms with van der Waals surface area (Å²) in [6, 6.07) is 0. The molecule has 0 saturated heterocycles. The van der Waals surface area contributed by atoms with Crippen LogP contribution in [0.15, 0.2) is 81.2 Å². The van der Waals surface area contributed by atoms with Crippen molar-refractivity contribution in [1.82, 2.24) is 0 Å². The normalized spacial score (nSPS) is 28.8. The average Bonchev–Trinajstić information content (AvgIpc) is 2.48. The third-order valence-corrected chi connectivity index (χ3v) is 5.97. The lowest BCUT2D eigenvalue weighted by Gasteiger charge is -2.39. The summed E-state index contributed by atoms with van der Waals surface area (Å²) in [7, 11) is -4.24. The summed E-state index contributed by atoms with van der Waals surface area (Å²) in [4.78, 5) is 0. The first-order valence-electron chi connectivity index (χ1n) is 7.40. The molecule has 0 radical (unpaired) electrons. The maximum absolute atomic E-state index is 11.8. The smallest absolute Gasteiger partial charge is 0.275 e. The Morgan fingerprint density at radius 2 is 1.74 bits per heavy atom. The van der Waals surface area contributed by atoms with Gasteiger partial charge in [-0.1, -0.05) is 30.4 Å². The minimum atomic E-state index is -4.24. The molecule has 2 atom stereocenters. The fourth-order valence-electron chi connectivity index (χ4n) is 3.89. The lowest BCUT2D eigenvalue weighted by Crippen LogP contribution is -2.32. The molecule has 0 heterocycles. The zero-order valence-electron chi connectivity index (χ0n) is 12.7. The van der Waals surface area contributed by atoms with E-state index in [-0.39, 0.29) is 11.7 Å². The van der Waals surface area contributed by atoms with E-state index in [9.17, 15) is 18.1 Å². The molecule has 23 heavy (non-hydrogen) atoms. The molecule has 2 unspecified atom stereocenters. The predicted molar refractivity (Wildman–Crippen MR) is 88.3 cm³/mol. The maximum atomic E-state index is 11.8. The number of hydrogen-bond acceptors (Lipinski definition) is 3. The van der Waals surface area contributed by atoms with Crippen LogP contribution in [0.3, 0.4) is 0 Å². The summed E-state index contributed by atoms with van der Waals surface area (Å²) in [5.74, 6) is 0.0391. The van der Waals surface area contributed by atoms with Crippen LogP contribution in [-0.4, -0.2) is 23.3 Å². The second kappa shape index (κ2) is 4.46. The van der Waals surface area contributed by atoms with E-state index >= 15 is 0 Å². The topological polar surface area (TPSA) is 74.6 Å². The summed E-state index contributed by atoms with van der Waals surface area (Å²) in [6.45, 7) is 3.78. The first kappa shape index (κ1) is 14.5. The van der Waals surface area contributed by atoms with Crippen LogP contribution in [0.5, 0.6) is 0 Å². The molecular formula is C18H16O4S. The van der Waals surface area contributed by atoms with Crippen LogP contribution >= 0.6 is 0 Å². The molecule has 4 rings (SSSR count). The van der Waals surface area contributed by atoms with E-state index in [0.29, 0.717) is 5.57 Å². The Morgan fingerprint density at radius 1 is 1.04 bits per heavy atom. The highest BCUT2D eigenvalue weighted by atomic mass is 32.2. The van der Waals surface area contributed by atoms with Gasteiger partial charge in [-0.25, -0.2) is 0 Å². The van der Waals surface area contributed by atoms with Crippen LogP contribution in [0.2, 0.25) is 0 Å². The fraction of sp³-hybridized carbons (Fsp3) is 0.222. The molecule has 0 aromatic rings. The molecule has 0 amide bonds. The third-order valence-electron chi connectivity index (χ3n) is 4.94. The lowest BCUT2D eigenvalue weighted by atomic mass is 9.66. The van der Waals surface area contributed by atoms with E-state index in [1.54, 1.807) is 24.3 Å². The summed E-state index contributed by atoms with van der Waals surface area (Å²) < 4.78 is 33.3. The van der Waals surface area contributed by atoms with E-state index in [1.807, 2.05) is 26.0 Å². The van der Waals surface area contributed by atoms with Crippen molar-refractivity contribution in [3.05, 3.63) is 81.2 Å². The van der Waals surface area contributed by atoms with E-state index in [0.717, 1.165) is 33.4 Å². The van der Waals surface area contributed by atoms with Gasteiger partial charge in [0.1, 0.15) is 11.0 Å². The molecule has 0 saturated carbocycles. The highest BCUT2D eigenvalue weighted by molar-refractivity contribution is 7.86. The van der Waals surface area contributed by atoms with Crippen LogP contribution in [0.1, 0.15) is 13.8 Å². The average molecular weight is 328 g/mol. The number of aliphatic hydroxyl groups is 1. The maximum Gasteiger partial charge on any atom is 0.275 e. The van der Waals surface area contributed by atoms with Crippen molar-refractivity contribution >= 4 is 10.1 Å². The molecule has 4 nitrogen and oxygen atoms in total. The van der Waals surface area contributed by atoms with Gasteiger partial charge in [-0.15, -0.1) is 0 Å². The summed E-state index contributed by atoms with van der Waals surface area (Å²) >= 11 is 0. The molecule has 0 aliphatic heterocycles. The second-order valence-corrected chi connectivity index (χ2v) is 7.83. The molecule has 118 valence electrons. The van der Waals surface area contributed by atoms with Crippen LogP contribution in [0, 0.1) is 5.92 Å². The van der Waals surface area contributed by atoms with Crippen LogP contribution in [0.25, 0.3) is 0 Å². The van der Waals surface area contributed by atoms with Gasteiger partial charge >= 0.3 is 0 Å². The predicted octanol–water partition coefficient (Wildman–Crippen LogP) is 3.32. The molecule has 0 aromatic heterocycles. The second-order valence-electron chi connectivity index (χ2n) is 6.29. The van der Waals surface area contributed by atoms with Gasteiger partial charge < -0.3 is 5.11 Å². The van der Waals surface area contributed by atoms with E-state index in [1.165, 1.54) is 0 Å². The number of hydrogen-bond donors (Lipinski definition) is 2. The van der Waals surface area contributed by atoms with Crippen molar-refractivity contribution in [3.8, 4) is 0 Å². The zero-order valence-corrected chi connectivity index (χ0v) is 13.6. The Hall–Kier alpha value is -2.11.